The van der Waals surface area contributed by atoms with Gasteiger partial charge in [0.1, 0.15) is 0 Å². The third-order valence-electron chi connectivity index (χ3n) is 3.31. The zero-order chi connectivity index (χ0) is 11.5. The van der Waals surface area contributed by atoms with Gasteiger partial charge < -0.3 is 5.32 Å². The molecule has 0 amide bonds. The van der Waals surface area contributed by atoms with Crippen LogP contribution < -0.4 is 5.32 Å². The Labute approximate surface area is 97.0 Å². The van der Waals surface area contributed by atoms with E-state index in [1.165, 1.54) is 51.5 Å². The average Bonchev–Trinajstić information content (AvgIpc) is 2.25. The van der Waals surface area contributed by atoms with E-state index in [1.807, 2.05) is 0 Å². The molecule has 2 unspecified atom stereocenters. The van der Waals surface area contributed by atoms with Gasteiger partial charge in [-0.1, -0.05) is 53.4 Å². The average molecular weight is 213 g/mol. The molecule has 15 heavy (non-hydrogen) atoms. The Morgan fingerprint density at radius 1 is 0.933 bits per heavy atom. The van der Waals surface area contributed by atoms with Crippen LogP contribution in [0, 0.1) is 5.92 Å². The van der Waals surface area contributed by atoms with E-state index in [4.69, 9.17) is 0 Å². The Morgan fingerprint density at radius 2 is 1.67 bits per heavy atom. The van der Waals surface area contributed by atoms with Crippen LogP contribution in [0.4, 0.5) is 0 Å². The van der Waals surface area contributed by atoms with Gasteiger partial charge in [0.15, 0.2) is 0 Å². The predicted octanol–water partition coefficient (Wildman–Crippen LogP) is 4.37. The lowest BCUT2D eigenvalue weighted by Crippen LogP contribution is -2.30. The fourth-order valence-corrected chi connectivity index (χ4v) is 1.89. The van der Waals surface area contributed by atoms with Gasteiger partial charge in [-0.05, 0) is 31.7 Å². The second-order valence-electron chi connectivity index (χ2n) is 4.88. The molecule has 0 aliphatic carbocycles. The van der Waals surface area contributed by atoms with Crippen molar-refractivity contribution in [2.24, 2.45) is 5.92 Å². The summed E-state index contributed by atoms with van der Waals surface area (Å²) in [5.41, 5.74) is 0. The summed E-state index contributed by atoms with van der Waals surface area (Å²) < 4.78 is 0. The fraction of sp³-hybridized carbons (Fsp3) is 1.00. The van der Waals surface area contributed by atoms with E-state index in [-0.39, 0.29) is 0 Å². The Morgan fingerprint density at radius 3 is 2.20 bits per heavy atom. The van der Waals surface area contributed by atoms with Crippen LogP contribution in [0.15, 0.2) is 0 Å². The molecule has 1 nitrogen and oxygen atoms in total. The fourth-order valence-electron chi connectivity index (χ4n) is 1.89. The maximum Gasteiger partial charge on any atom is 0.00669 e. The molecule has 0 spiro atoms. The smallest absolute Gasteiger partial charge is 0.00669 e. The van der Waals surface area contributed by atoms with Gasteiger partial charge in [-0.3, -0.25) is 0 Å². The van der Waals surface area contributed by atoms with Crippen molar-refractivity contribution in [1.29, 1.82) is 0 Å². The second-order valence-corrected chi connectivity index (χ2v) is 4.88. The third kappa shape index (κ3) is 8.92. The number of rotatable bonds is 10. The summed E-state index contributed by atoms with van der Waals surface area (Å²) in [6.07, 6.45) is 9.38. The van der Waals surface area contributed by atoms with Gasteiger partial charge in [0.25, 0.3) is 0 Å². The minimum Gasteiger partial charge on any atom is -0.314 e. The lowest BCUT2D eigenvalue weighted by Gasteiger charge is -2.19. The molecule has 0 aliphatic rings. The normalized spacial score (nSPS) is 15.2. The van der Waals surface area contributed by atoms with E-state index < -0.39 is 0 Å². The molecule has 0 heterocycles. The number of hydrogen-bond donors (Lipinski definition) is 1. The Bertz CT molecular complexity index is 123. The molecule has 0 aromatic carbocycles. The molecule has 0 aliphatic heterocycles. The highest BCUT2D eigenvalue weighted by Crippen LogP contribution is 2.09. The third-order valence-corrected chi connectivity index (χ3v) is 3.31. The highest BCUT2D eigenvalue weighted by molar-refractivity contribution is 4.66. The summed E-state index contributed by atoms with van der Waals surface area (Å²) in [7, 11) is 0. The molecule has 2 atom stereocenters. The molecule has 0 bridgehead atoms. The topological polar surface area (TPSA) is 12.0 Å². The molecule has 1 N–H and O–H groups in total. The molecule has 0 fully saturated rings. The molecule has 0 saturated carbocycles. The summed E-state index contributed by atoms with van der Waals surface area (Å²) >= 11 is 0. The highest BCUT2D eigenvalue weighted by atomic mass is 14.9. The van der Waals surface area contributed by atoms with E-state index in [0.717, 1.165) is 12.0 Å². The quantitative estimate of drug-likeness (QED) is 0.568. The van der Waals surface area contributed by atoms with Crippen LogP contribution in [0.25, 0.3) is 0 Å². The van der Waals surface area contributed by atoms with Crippen LogP contribution in [0.5, 0.6) is 0 Å². The summed E-state index contributed by atoms with van der Waals surface area (Å²) in [5.74, 6) is 0.881. The van der Waals surface area contributed by atoms with Gasteiger partial charge >= 0.3 is 0 Å². The highest BCUT2D eigenvalue weighted by Gasteiger charge is 2.06. The van der Waals surface area contributed by atoms with Gasteiger partial charge in [0.2, 0.25) is 0 Å². The van der Waals surface area contributed by atoms with Gasteiger partial charge in [-0.25, -0.2) is 0 Å². The largest absolute Gasteiger partial charge is 0.314 e. The van der Waals surface area contributed by atoms with E-state index in [1.54, 1.807) is 0 Å². The van der Waals surface area contributed by atoms with Crippen LogP contribution >= 0.6 is 0 Å². The van der Waals surface area contributed by atoms with Crippen molar-refractivity contribution in [1.82, 2.24) is 5.32 Å². The summed E-state index contributed by atoms with van der Waals surface area (Å²) in [6.45, 7) is 10.4. The van der Waals surface area contributed by atoms with Crippen LogP contribution in [-0.4, -0.2) is 12.6 Å². The van der Waals surface area contributed by atoms with Crippen molar-refractivity contribution in [3.8, 4) is 0 Å². The van der Waals surface area contributed by atoms with Crippen LogP contribution in [-0.2, 0) is 0 Å². The van der Waals surface area contributed by atoms with Crippen LogP contribution in [0.2, 0.25) is 0 Å². The maximum atomic E-state index is 3.72. The number of nitrogens with one attached hydrogen (secondary N) is 1. The zero-order valence-corrected chi connectivity index (χ0v) is 11.3. The summed E-state index contributed by atoms with van der Waals surface area (Å²) in [4.78, 5) is 0. The predicted molar refractivity (Wildman–Crippen MR) is 70.3 cm³/mol. The SMILES string of the molecule is CCCCC(CCC)NCCC(C)CC. The molecule has 92 valence electrons. The summed E-state index contributed by atoms with van der Waals surface area (Å²) in [6, 6.07) is 0.777. The van der Waals surface area contributed by atoms with Gasteiger partial charge in [0.05, 0.1) is 0 Å². The van der Waals surface area contributed by atoms with Crippen molar-refractivity contribution in [2.75, 3.05) is 6.54 Å². The lowest BCUT2D eigenvalue weighted by molar-refractivity contribution is 0.404. The van der Waals surface area contributed by atoms with Crippen molar-refractivity contribution < 1.29 is 0 Å². The Kier molecular flexibility index (Phi) is 10.4. The van der Waals surface area contributed by atoms with Gasteiger partial charge in [-0.2, -0.15) is 0 Å². The first-order valence-electron chi connectivity index (χ1n) is 6.97. The Balaban J connectivity index is 3.55. The summed E-state index contributed by atoms with van der Waals surface area (Å²) in [5, 5.41) is 3.72. The van der Waals surface area contributed by atoms with E-state index >= 15 is 0 Å². The molecular formula is C14H31N. The standard InChI is InChI=1S/C14H31N/c1-5-8-10-14(9-6-2)15-12-11-13(4)7-3/h13-15H,5-12H2,1-4H3. The molecule has 0 aromatic rings. The Hall–Kier alpha value is -0.0400. The molecular weight excluding hydrogens is 182 g/mol. The molecule has 0 rings (SSSR count). The molecule has 0 radical (unpaired) electrons. The number of unbranched alkanes of at least 4 members (excludes halogenated alkanes) is 1. The molecule has 1 heteroatoms. The van der Waals surface area contributed by atoms with E-state index in [0.29, 0.717) is 0 Å². The monoisotopic (exact) mass is 213 g/mol. The van der Waals surface area contributed by atoms with Crippen molar-refractivity contribution in [3.05, 3.63) is 0 Å². The zero-order valence-electron chi connectivity index (χ0n) is 11.3. The second kappa shape index (κ2) is 10.5. The first-order valence-corrected chi connectivity index (χ1v) is 6.97. The van der Waals surface area contributed by atoms with Crippen LogP contribution in [0.3, 0.4) is 0 Å². The number of hydrogen-bond acceptors (Lipinski definition) is 1. The maximum absolute atomic E-state index is 3.72. The molecule has 0 aromatic heterocycles. The van der Waals surface area contributed by atoms with Crippen molar-refractivity contribution >= 4 is 0 Å². The minimum absolute atomic E-state index is 0.777. The minimum atomic E-state index is 0.777. The molecule has 0 saturated heterocycles. The van der Waals surface area contributed by atoms with Crippen molar-refractivity contribution in [2.45, 2.75) is 78.7 Å². The first kappa shape index (κ1) is 15.0. The van der Waals surface area contributed by atoms with Crippen LogP contribution in [0.1, 0.15) is 72.6 Å². The van der Waals surface area contributed by atoms with Gasteiger partial charge in [-0.15, -0.1) is 0 Å². The first-order chi connectivity index (χ1) is 7.24. The van der Waals surface area contributed by atoms with Gasteiger partial charge in [0, 0.05) is 6.04 Å². The van der Waals surface area contributed by atoms with E-state index in [2.05, 4.69) is 33.0 Å². The lowest BCUT2D eigenvalue weighted by atomic mass is 10.0. The van der Waals surface area contributed by atoms with E-state index in [9.17, 15) is 0 Å². The van der Waals surface area contributed by atoms with Crippen molar-refractivity contribution in [3.63, 3.8) is 0 Å².